The topological polar surface area (TPSA) is 27.7 Å². The molecular formula is C11H21O3PS. The molecule has 1 atom stereocenters. The maximum Gasteiger partial charge on any atom is 0.327 e. The van der Waals surface area contributed by atoms with Crippen LogP contribution in [-0.4, -0.2) is 19.3 Å². The number of fused-ring (bicyclic) bond motifs is 3. The van der Waals surface area contributed by atoms with Gasteiger partial charge >= 0.3 is 6.72 Å². The van der Waals surface area contributed by atoms with E-state index in [2.05, 4.69) is 34.6 Å². The third-order valence-corrected chi connectivity index (χ3v) is 6.11. The van der Waals surface area contributed by atoms with Crippen LogP contribution in [0, 0.1) is 16.7 Å². The molecule has 0 saturated carbocycles. The Kier molecular flexibility index (Phi) is 3.05. The van der Waals surface area contributed by atoms with Gasteiger partial charge in [-0.3, -0.25) is 0 Å². The van der Waals surface area contributed by atoms with E-state index >= 15 is 0 Å². The lowest BCUT2D eigenvalue weighted by atomic mass is 9.62. The molecule has 3 rings (SSSR count). The van der Waals surface area contributed by atoms with Gasteiger partial charge in [-0.15, -0.1) is 0 Å². The second-order valence-electron chi connectivity index (χ2n) is 6.17. The highest BCUT2D eigenvalue weighted by molar-refractivity contribution is 8.07. The Morgan fingerprint density at radius 3 is 2.12 bits per heavy atom. The zero-order chi connectivity index (χ0) is 12.2. The lowest BCUT2D eigenvalue weighted by Crippen LogP contribution is -2.60. The van der Waals surface area contributed by atoms with Gasteiger partial charge in [0.2, 0.25) is 0 Å². The summed E-state index contributed by atoms with van der Waals surface area (Å²) in [5.41, 5.74) is 0.0185. The predicted molar refractivity (Wildman–Crippen MR) is 67.8 cm³/mol. The lowest BCUT2D eigenvalue weighted by Gasteiger charge is -2.58. The third kappa shape index (κ3) is 1.79. The molecule has 3 heterocycles. The Morgan fingerprint density at radius 1 is 1.25 bits per heavy atom. The normalized spacial score (nSPS) is 44.0. The molecule has 3 saturated heterocycles. The van der Waals surface area contributed by atoms with Crippen LogP contribution in [0.25, 0.3) is 0 Å². The van der Waals surface area contributed by atoms with Gasteiger partial charge in [0, 0.05) is 0 Å². The monoisotopic (exact) mass is 264 g/mol. The van der Waals surface area contributed by atoms with Crippen molar-refractivity contribution >= 4 is 18.5 Å². The first kappa shape index (κ1) is 13.0. The fourth-order valence-electron chi connectivity index (χ4n) is 2.55. The highest BCUT2D eigenvalue weighted by Crippen LogP contribution is 2.67. The quantitative estimate of drug-likeness (QED) is 0.679. The predicted octanol–water partition coefficient (Wildman–Crippen LogP) is 3.35. The smallest absolute Gasteiger partial charge is 0.308 e. The maximum absolute atomic E-state index is 5.95. The summed E-state index contributed by atoms with van der Waals surface area (Å²) in [6, 6.07) is 0. The third-order valence-electron chi connectivity index (χ3n) is 3.85. The van der Waals surface area contributed by atoms with Crippen LogP contribution in [0.1, 0.15) is 34.6 Å². The Balaban J connectivity index is 2.40. The molecule has 0 radical (unpaired) electrons. The molecule has 0 amide bonds. The summed E-state index contributed by atoms with van der Waals surface area (Å²) in [5.74, 6) is 0.439. The van der Waals surface area contributed by atoms with Crippen LogP contribution in [0.2, 0.25) is 0 Å². The van der Waals surface area contributed by atoms with Crippen LogP contribution in [-0.2, 0) is 25.4 Å². The van der Waals surface area contributed by atoms with Gasteiger partial charge in [0.25, 0.3) is 0 Å². The van der Waals surface area contributed by atoms with Gasteiger partial charge < -0.3 is 13.6 Å². The van der Waals surface area contributed by atoms with Crippen LogP contribution in [0.3, 0.4) is 0 Å². The molecule has 3 aliphatic rings. The molecule has 0 spiro atoms. The van der Waals surface area contributed by atoms with Crippen LogP contribution in [0.15, 0.2) is 0 Å². The minimum absolute atomic E-state index is 0.0677. The number of rotatable bonds is 1. The van der Waals surface area contributed by atoms with Crippen molar-refractivity contribution in [3.05, 3.63) is 0 Å². The van der Waals surface area contributed by atoms with Crippen molar-refractivity contribution in [1.82, 2.24) is 0 Å². The van der Waals surface area contributed by atoms with Crippen molar-refractivity contribution in [3.63, 3.8) is 0 Å². The molecular weight excluding hydrogens is 243 g/mol. The van der Waals surface area contributed by atoms with Crippen molar-refractivity contribution in [2.45, 2.75) is 40.7 Å². The van der Waals surface area contributed by atoms with Gasteiger partial charge in [0.1, 0.15) is 0 Å². The first-order valence-electron chi connectivity index (χ1n) is 5.78. The SMILES string of the molecule is CC(C)[C@H]1OP2(=S)OCC1(C(C)(C)C)CO2. The Labute approximate surface area is 103 Å². The van der Waals surface area contributed by atoms with Crippen molar-refractivity contribution in [2.75, 3.05) is 13.2 Å². The molecule has 0 aliphatic carbocycles. The van der Waals surface area contributed by atoms with Gasteiger partial charge in [-0.2, -0.15) is 0 Å². The van der Waals surface area contributed by atoms with Gasteiger partial charge in [-0.1, -0.05) is 34.6 Å². The standard InChI is InChI=1S/C11H21O3PS/c1-8(2)9-11(10(3,4)5)6-12-15(16,14-9)13-7-11/h8-9H,6-7H2,1-5H3/t9-,11?,15?/m1/s1. The molecule has 3 fully saturated rings. The largest absolute Gasteiger partial charge is 0.327 e. The lowest BCUT2D eigenvalue weighted by molar-refractivity contribution is -0.185. The molecule has 0 aromatic rings. The summed E-state index contributed by atoms with van der Waals surface area (Å²) in [6.07, 6.45) is 0.154. The van der Waals surface area contributed by atoms with Crippen molar-refractivity contribution in [1.29, 1.82) is 0 Å². The molecule has 16 heavy (non-hydrogen) atoms. The van der Waals surface area contributed by atoms with Gasteiger partial charge in [0.15, 0.2) is 0 Å². The summed E-state index contributed by atoms with van der Waals surface area (Å²) in [6.45, 7) is 9.96. The summed E-state index contributed by atoms with van der Waals surface area (Å²) in [5, 5.41) is 0. The van der Waals surface area contributed by atoms with Gasteiger partial charge in [0.05, 0.1) is 24.7 Å². The highest BCUT2D eigenvalue weighted by atomic mass is 32.5. The van der Waals surface area contributed by atoms with Gasteiger partial charge in [-0.05, 0) is 23.1 Å². The van der Waals surface area contributed by atoms with E-state index in [1.807, 2.05) is 0 Å². The second kappa shape index (κ2) is 3.76. The first-order valence-corrected chi connectivity index (χ1v) is 8.33. The molecule has 0 unspecified atom stereocenters. The van der Waals surface area contributed by atoms with E-state index in [0.29, 0.717) is 19.1 Å². The molecule has 3 nitrogen and oxygen atoms in total. The molecule has 0 aromatic carbocycles. The molecule has 0 aromatic heterocycles. The fraction of sp³-hybridized carbons (Fsp3) is 1.00. The zero-order valence-corrected chi connectivity index (χ0v) is 12.4. The highest BCUT2D eigenvalue weighted by Gasteiger charge is 2.60. The fourth-order valence-corrected chi connectivity index (χ4v) is 4.84. The molecule has 2 bridgehead atoms. The van der Waals surface area contributed by atoms with Crippen LogP contribution >= 0.6 is 6.72 Å². The van der Waals surface area contributed by atoms with Crippen LogP contribution < -0.4 is 0 Å². The zero-order valence-electron chi connectivity index (χ0n) is 10.6. The number of hydrogen-bond donors (Lipinski definition) is 0. The number of hydrogen-bond acceptors (Lipinski definition) is 4. The average Bonchev–Trinajstić information content (AvgIpc) is 2.16. The molecule has 0 N–H and O–H groups in total. The Hall–Kier alpha value is 0.530. The molecule has 94 valence electrons. The Morgan fingerprint density at radius 2 is 1.75 bits per heavy atom. The molecule has 5 heteroatoms. The van der Waals surface area contributed by atoms with Crippen molar-refractivity contribution < 1.29 is 13.6 Å². The van der Waals surface area contributed by atoms with Gasteiger partial charge in [-0.25, -0.2) is 0 Å². The minimum Gasteiger partial charge on any atom is -0.308 e. The van der Waals surface area contributed by atoms with E-state index in [4.69, 9.17) is 25.4 Å². The average molecular weight is 264 g/mol. The summed E-state index contributed by atoms with van der Waals surface area (Å²) in [4.78, 5) is 0. The van der Waals surface area contributed by atoms with Crippen LogP contribution in [0.5, 0.6) is 0 Å². The van der Waals surface area contributed by atoms with E-state index < -0.39 is 6.72 Å². The van der Waals surface area contributed by atoms with Crippen LogP contribution in [0.4, 0.5) is 0 Å². The van der Waals surface area contributed by atoms with E-state index in [0.717, 1.165) is 0 Å². The summed E-state index contributed by atoms with van der Waals surface area (Å²) < 4.78 is 17.3. The van der Waals surface area contributed by atoms with E-state index in [9.17, 15) is 0 Å². The van der Waals surface area contributed by atoms with E-state index in [-0.39, 0.29) is 16.9 Å². The first-order chi connectivity index (χ1) is 7.20. The Bertz CT molecular complexity index is 323. The minimum atomic E-state index is -2.42. The van der Waals surface area contributed by atoms with Crippen molar-refractivity contribution in [2.24, 2.45) is 16.7 Å². The summed E-state index contributed by atoms with van der Waals surface area (Å²) in [7, 11) is 0. The maximum atomic E-state index is 5.95. The molecule has 3 aliphatic heterocycles. The van der Waals surface area contributed by atoms with E-state index in [1.165, 1.54) is 0 Å². The van der Waals surface area contributed by atoms with Crippen molar-refractivity contribution in [3.8, 4) is 0 Å². The second-order valence-corrected chi connectivity index (χ2v) is 9.13. The van der Waals surface area contributed by atoms with E-state index in [1.54, 1.807) is 0 Å². The summed E-state index contributed by atoms with van der Waals surface area (Å²) >= 11 is 5.31.